The number of rotatable bonds is 4. The Hall–Kier alpha value is -2.20. The summed E-state index contributed by atoms with van der Waals surface area (Å²) in [6.07, 6.45) is 0. The van der Waals surface area contributed by atoms with E-state index in [0.29, 0.717) is 0 Å². The highest BCUT2D eigenvalue weighted by Crippen LogP contribution is 2.39. The molecule has 1 heterocycles. The van der Waals surface area contributed by atoms with Crippen LogP contribution in [0.15, 0.2) is 59.5 Å². The summed E-state index contributed by atoms with van der Waals surface area (Å²) < 4.78 is 0. The second kappa shape index (κ2) is 5.66. The van der Waals surface area contributed by atoms with Gasteiger partial charge < -0.3 is 10.1 Å². The molecule has 0 aliphatic carbocycles. The molecule has 1 unspecified atom stereocenters. The Morgan fingerprint density at radius 3 is 2.48 bits per heavy atom. The van der Waals surface area contributed by atoms with E-state index in [-0.39, 0.29) is 0 Å². The molecule has 0 amide bonds. The molecule has 0 fully saturated rings. The van der Waals surface area contributed by atoms with Gasteiger partial charge in [0.15, 0.2) is 0 Å². The van der Waals surface area contributed by atoms with E-state index in [4.69, 9.17) is 0 Å². The smallest absolute Gasteiger partial charge is 0.316 e. The number of nitrogens with one attached hydrogen (secondary N) is 1. The fourth-order valence-electron chi connectivity index (χ4n) is 2.27. The quantitative estimate of drug-likeness (QED) is 0.702. The lowest BCUT2D eigenvalue weighted by Crippen LogP contribution is -2.11. The summed E-state index contributed by atoms with van der Waals surface area (Å²) in [4.78, 5) is 15.6. The van der Waals surface area contributed by atoms with Gasteiger partial charge in [-0.15, -0.1) is 11.8 Å². The fraction of sp³-hybridized carbons (Fsp3) is 0.118. The van der Waals surface area contributed by atoms with Crippen molar-refractivity contribution in [3.05, 3.63) is 54.6 Å². The molecule has 2 aromatic carbocycles. The maximum Gasteiger partial charge on any atom is 0.316 e. The first kappa shape index (κ1) is 13.8. The lowest BCUT2D eigenvalue weighted by Gasteiger charge is -2.08. The molecular formula is C17H15NO2S. The van der Waals surface area contributed by atoms with Crippen LogP contribution < -0.4 is 0 Å². The number of hydrogen-bond donors (Lipinski definition) is 2. The number of fused-ring (bicyclic) bond motifs is 1. The van der Waals surface area contributed by atoms with Crippen LogP contribution in [0.3, 0.4) is 0 Å². The van der Waals surface area contributed by atoms with E-state index in [2.05, 4.69) is 4.98 Å². The Balaban J connectivity index is 2.17. The average molecular weight is 297 g/mol. The van der Waals surface area contributed by atoms with Crippen LogP contribution in [0.5, 0.6) is 0 Å². The third kappa shape index (κ3) is 2.67. The first-order valence-electron chi connectivity index (χ1n) is 6.72. The molecule has 106 valence electrons. The van der Waals surface area contributed by atoms with Crippen molar-refractivity contribution in [2.45, 2.75) is 17.1 Å². The molecule has 3 rings (SSSR count). The van der Waals surface area contributed by atoms with E-state index in [1.165, 1.54) is 11.8 Å². The van der Waals surface area contributed by atoms with Crippen molar-refractivity contribution in [3.63, 3.8) is 0 Å². The molecular weight excluding hydrogens is 282 g/mol. The SMILES string of the molecule is CC(Sc1c(-c2ccccc2)[nH]c2ccccc12)C(=O)O. The van der Waals surface area contributed by atoms with Gasteiger partial charge in [0.05, 0.1) is 5.69 Å². The predicted molar refractivity (Wildman–Crippen MR) is 86.7 cm³/mol. The second-order valence-electron chi connectivity index (χ2n) is 4.84. The number of benzene rings is 2. The first-order chi connectivity index (χ1) is 10.2. The summed E-state index contributed by atoms with van der Waals surface area (Å²) in [7, 11) is 0. The third-order valence-electron chi connectivity index (χ3n) is 3.36. The van der Waals surface area contributed by atoms with Crippen LogP contribution in [-0.4, -0.2) is 21.3 Å². The Bertz CT molecular complexity index is 780. The normalized spacial score (nSPS) is 12.4. The molecule has 21 heavy (non-hydrogen) atoms. The van der Waals surface area contributed by atoms with Crippen molar-refractivity contribution < 1.29 is 9.90 Å². The van der Waals surface area contributed by atoms with Gasteiger partial charge in [-0.1, -0.05) is 48.5 Å². The molecule has 0 saturated carbocycles. The van der Waals surface area contributed by atoms with E-state index >= 15 is 0 Å². The number of carboxylic acid groups (broad SMARTS) is 1. The maximum atomic E-state index is 11.2. The third-order valence-corrected chi connectivity index (χ3v) is 4.58. The summed E-state index contributed by atoms with van der Waals surface area (Å²) in [5.41, 5.74) is 3.07. The molecule has 0 saturated heterocycles. The lowest BCUT2D eigenvalue weighted by atomic mass is 10.1. The van der Waals surface area contributed by atoms with Crippen LogP contribution in [0.4, 0.5) is 0 Å². The number of carbonyl (C=O) groups is 1. The minimum atomic E-state index is -0.802. The van der Waals surface area contributed by atoms with Crippen LogP contribution in [-0.2, 0) is 4.79 Å². The Labute approximate surface area is 127 Å². The number of aromatic amines is 1. The Morgan fingerprint density at radius 2 is 1.76 bits per heavy atom. The van der Waals surface area contributed by atoms with Crippen molar-refractivity contribution in [1.82, 2.24) is 4.98 Å². The summed E-state index contributed by atoms with van der Waals surface area (Å²) in [5, 5.41) is 9.75. The van der Waals surface area contributed by atoms with Crippen LogP contribution in [0.25, 0.3) is 22.2 Å². The van der Waals surface area contributed by atoms with E-state index in [9.17, 15) is 9.90 Å². The molecule has 3 nitrogen and oxygen atoms in total. The molecule has 0 aliphatic rings. The van der Waals surface area contributed by atoms with E-state index in [1.54, 1.807) is 6.92 Å². The fourth-order valence-corrected chi connectivity index (χ4v) is 3.32. The molecule has 0 bridgehead atoms. The Kier molecular flexibility index (Phi) is 3.71. The number of thioether (sulfide) groups is 1. The van der Waals surface area contributed by atoms with Gasteiger partial charge in [-0.25, -0.2) is 0 Å². The molecule has 0 aliphatic heterocycles. The topological polar surface area (TPSA) is 53.1 Å². The van der Waals surface area contributed by atoms with Gasteiger partial charge in [0.1, 0.15) is 5.25 Å². The van der Waals surface area contributed by atoms with Crippen LogP contribution >= 0.6 is 11.8 Å². The van der Waals surface area contributed by atoms with E-state index in [0.717, 1.165) is 27.1 Å². The standard InChI is InChI=1S/C17H15NO2S/c1-11(17(19)20)21-16-13-9-5-6-10-14(13)18-15(16)12-7-3-2-4-8-12/h2-11,18H,1H3,(H,19,20). The van der Waals surface area contributed by atoms with Gasteiger partial charge in [0.2, 0.25) is 0 Å². The lowest BCUT2D eigenvalue weighted by molar-refractivity contribution is -0.136. The van der Waals surface area contributed by atoms with Crippen molar-refractivity contribution in [2.24, 2.45) is 0 Å². The number of aliphatic carboxylic acids is 1. The number of hydrogen-bond acceptors (Lipinski definition) is 2. The zero-order valence-corrected chi connectivity index (χ0v) is 12.4. The van der Waals surface area contributed by atoms with E-state index < -0.39 is 11.2 Å². The zero-order valence-electron chi connectivity index (χ0n) is 11.5. The number of carboxylic acids is 1. The second-order valence-corrected chi connectivity index (χ2v) is 6.19. The monoisotopic (exact) mass is 297 g/mol. The van der Waals surface area contributed by atoms with E-state index in [1.807, 2.05) is 54.6 Å². The molecule has 2 N–H and O–H groups in total. The summed E-state index contributed by atoms with van der Waals surface area (Å²) in [5.74, 6) is -0.802. The molecule has 3 aromatic rings. The highest BCUT2D eigenvalue weighted by molar-refractivity contribution is 8.01. The van der Waals surface area contributed by atoms with Crippen molar-refractivity contribution in [1.29, 1.82) is 0 Å². The molecule has 1 aromatic heterocycles. The minimum Gasteiger partial charge on any atom is -0.480 e. The number of H-pyrrole nitrogens is 1. The van der Waals surface area contributed by atoms with Crippen LogP contribution in [0, 0.1) is 0 Å². The summed E-state index contributed by atoms with van der Waals surface area (Å²) >= 11 is 1.38. The molecule has 0 radical (unpaired) electrons. The van der Waals surface area contributed by atoms with Gasteiger partial charge in [0, 0.05) is 15.8 Å². The van der Waals surface area contributed by atoms with Crippen molar-refractivity contribution in [2.75, 3.05) is 0 Å². The van der Waals surface area contributed by atoms with Gasteiger partial charge >= 0.3 is 5.97 Å². The minimum absolute atomic E-state index is 0.494. The molecule has 0 spiro atoms. The summed E-state index contributed by atoms with van der Waals surface area (Å²) in [6.45, 7) is 1.71. The molecule has 1 atom stereocenters. The van der Waals surface area contributed by atoms with Gasteiger partial charge in [-0.2, -0.15) is 0 Å². The highest BCUT2D eigenvalue weighted by atomic mass is 32.2. The summed E-state index contributed by atoms with van der Waals surface area (Å²) in [6, 6.07) is 18.0. The van der Waals surface area contributed by atoms with Gasteiger partial charge in [0.25, 0.3) is 0 Å². The number of para-hydroxylation sites is 1. The highest BCUT2D eigenvalue weighted by Gasteiger charge is 2.19. The predicted octanol–water partition coefficient (Wildman–Crippen LogP) is 4.40. The van der Waals surface area contributed by atoms with Crippen LogP contribution in [0.2, 0.25) is 0 Å². The van der Waals surface area contributed by atoms with Crippen molar-refractivity contribution >= 4 is 28.6 Å². The van der Waals surface area contributed by atoms with Crippen LogP contribution in [0.1, 0.15) is 6.92 Å². The number of aromatic nitrogens is 1. The average Bonchev–Trinajstić information content (AvgIpc) is 2.87. The maximum absolute atomic E-state index is 11.2. The first-order valence-corrected chi connectivity index (χ1v) is 7.60. The van der Waals surface area contributed by atoms with Gasteiger partial charge in [-0.05, 0) is 18.6 Å². The molecule has 4 heteroatoms. The van der Waals surface area contributed by atoms with Crippen molar-refractivity contribution in [3.8, 4) is 11.3 Å². The zero-order chi connectivity index (χ0) is 14.8. The largest absolute Gasteiger partial charge is 0.480 e. The van der Waals surface area contributed by atoms with Gasteiger partial charge in [-0.3, -0.25) is 4.79 Å². The Morgan fingerprint density at radius 1 is 1.10 bits per heavy atom.